The molecule has 1 aromatic rings. The maximum Gasteiger partial charge on any atom is 0.229 e. The highest BCUT2D eigenvalue weighted by Gasteiger charge is 2.50. The monoisotopic (exact) mass is 333 g/mol. The molecular weight excluding hydrogens is 306 g/mol. The normalized spacial score (nSPS) is 31.3. The molecule has 132 valence electrons. The minimum absolute atomic E-state index is 0.242. The van der Waals surface area contributed by atoms with E-state index >= 15 is 0 Å². The van der Waals surface area contributed by atoms with E-state index in [2.05, 4.69) is 21.7 Å². The van der Waals surface area contributed by atoms with Crippen molar-refractivity contribution in [1.29, 1.82) is 0 Å². The fraction of sp³-hybridized carbons (Fsp3) is 0.765. The SMILES string of the molecule is CC1CN(c2cc(N)nc(N3CCOCC3)n2)CC1(O)C1CCC1. The zero-order chi connectivity index (χ0) is 16.7. The highest BCUT2D eigenvalue weighted by molar-refractivity contribution is 5.53. The Morgan fingerprint density at radius 3 is 2.67 bits per heavy atom. The molecule has 3 heterocycles. The molecule has 0 radical (unpaired) electrons. The lowest BCUT2D eigenvalue weighted by molar-refractivity contribution is -0.0615. The van der Waals surface area contributed by atoms with Crippen LogP contribution in [-0.4, -0.2) is 60.1 Å². The Balaban J connectivity index is 1.56. The van der Waals surface area contributed by atoms with Gasteiger partial charge in [0, 0.05) is 38.2 Å². The van der Waals surface area contributed by atoms with Crippen LogP contribution in [0.1, 0.15) is 26.2 Å². The summed E-state index contributed by atoms with van der Waals surface area (Å²) in [4.78, 5) is 13.4. The molecule has 1 aromatic heterocycles. The van der Waals surface area contributed by atoms with Crippen LogP contribution in [0.5, 0.6) is 0 Å². The molecule has 0 spiro atoms. The predicted molar refractivity (Wildman–Crippen MR) is 93.1 cm³/mol. The number of nitrogen functional groups attached to an aromatic ring is 1. The number of ether oxygens (including phenoxy) is 1. The Hall–Kier alpha value is -1.60. The van der Waals surface area contributed by atoms with Gasteiger partial charge in [-0.25, -0.2) is 0 Å². The lowest BCUT2D eigenvalue weighted by atomic mass is 9.69. The molecule has 2 unspecified atom stereocenters. The van der Waals surface area contributed by atoms with E-state index in [0.29, 0.717) is 37.4 Å². The van der Waals surface area contributed by atoms with Gasteiger partial charge in [0.05, 0.1) is 18.8 Å². The van der Waals surface area contributed by atoms with Gasteiger partial charge < -0.3 is 25.4 Å². The Morgan fingerprint density at radius 1 is 1.25 bits per heavy atom. The average molecular weight is 333 g/mol. The molecule has 0 bridgehead atoms. The summed E-state index contributed by atoms with van der Waals surface area (Å²) in [6.45, 7) is 6.54. The first-order chi connectivity index (χ1) is 11.6. The number of β-amino-alcohol motifs (C(OH)–C–C–N with tert-alkyl or cyclic N) is 1. The minimum atomic E-state index is -0.600. The molecular formula is C17H27N5O2. The number of rotatable bonds is 3. The van der Waals surface area contributed by atoms with Gasteiger partial charge in [0.25, 0.3) is 0 Å². The van der Waals surface area contributed by atoms with Gasteiger partial charge in [-0.1, -0.05) is 13.3 Å². The van der Waals surface area contributed by atoms with Gasteiger partial charge in [-0.2, -0.15) is 9.97 Å². The molecule has 1 aliphatic carbocycles. The van der Waals surface area contributed by atoms with Gasteiger partial charge in [-0.05, 0) is 18.8 Å². The van der Waals surface area contributed by atoms with E-state index in [0.717, 1.165) is 38.3 Å². The van der Waals surface area contributed by atoms with Crippen molar-refractivity contribution in [1.82, 2.24) is 9.97 Å². The van der Waals surface area contributed by atoms with E-state index in [1.807, 2.05) is 6.07 Å². The fourth-order valence-electron chi connectivity index (χ4n) is 4.14. The van der Waals surface area contributed by atoms with Gasteiger partial charge in [-0.3, -0.25) is 0 Å². The van der Waals surface area contributed by atoms with E-state index in [1.54, 1.807) is 0 Å². The summed E-state index contributed by atoms with van der Waals surface area (Å²) in [5.74, 6) is 2.64. The van der Waals surface area contributed by atoms with Crippen molar-refractivity contribution in [3.05, 3.63) is 6.07 Å². The summed E-state index contributed by atoms with van der Waals surface area (Å²) in [5.41, 5.74) is 5.43. The third-order valence-electron chi connectivity index (χ3n) is 5.94. The third kappa shape index (κ3) is 2.69. The van der Waals surface area contributed by atoms with Crippen molar-refractivity contribution in [2.45, 2.75) is 31.8 Å². The Kier molecular flexibility index (Phi) is 4.00. The molecule has 24 heavy (non-hydrogen) atoms. The highest BCUT2D eigenvalue weighted by atomic mass is 16.5. The predicted octanol–water partition coefficient (Wildman–Crippen LogP) is 0.883. The summed E-state index contributed by atoms with van der Waals surface area (Å²) < 4.78 is 5.40. The first-order valence-corrected chi connectivity index (χ1v) is 9.01. The summed E-state index contributed by atoms with van der Waals surface area (Å²) >= 11 is 0. The summed E-state index contributed by atoms with van der Waals surface area (Å²) in [7, 11) is 0. The Morgan fingerprint density at radius 2 is 2.00 bits per heavy atom. The second-order valence-electron chi connectivity index (χ2n) is 7.45. The van der Waals surface area contributed by atoms with Crippen LogP contribution in [0.4, 0.5) is 17.6 Å². The molecule has 7 nitrogen and oxygen atoms in total. The number of aromatic nitrogens is 2. The topological polar surface area (TPSA) is 87.7 Å². The molecule has 0 amide bonds. The fourth-order valence-corrected chi connectivity index (χ4v) is 4.14. The van der Waals surface area contributed by atoms with Crippen molar-refractivity contribution in [3.63, 3.8) is 0 Å². The van der Waals surface area contributed by atoms with Crippen LogP contribution in [0.3, 0.4) is 0 Å². The molecule has 2 atom stereocenters. The molecule has 3 N–H and O–H groups in total. The maximum atomic E-state index is 11.2. The van der Waals surface area contributed by atoms with Crippen LogP contribution in [0, 0.1) is 11.8 Å². The molecule has 3 aliphatic rings. The maximum absolute atomic E-state index is 11.2. The van der Waals surface area contributed by atoms with Crippen LogP contribution < -0.4 is 15.5 Å². The summed E-state index contributed by atoms with van der Waals surface area (Å²) in [6, 6.07) is 1.82. The van der Waals surface area contributed by atoms with Crippen molar-refractivity contribution < 1.29 is 9.84 Å². The molecule has 2 saturated heterocycles. The van der Waals surface area contributed by atoms with Crippen LogP contribution in [0.2, 0.25) is 0 Å². The van der Waals surface area contributed by atoms with Gasteiger partial charge in [-0.15, -0.1) is 0 Å². The second-order valence-corrected chi connectivity index (χ2v) is 7.45. The second kappa shape index (κ2) is 6.04. The molecule has 3 fully saturated rings. The average Bonchev–Trinajstić information content (AvgIpc) is 2.82. The number of nitrogens with zero attached hydrogens (tertiary/aromatic N) is 4. The highest BCUT2D eigenvalue weighted by Crippen LogP contribution is 2.45. The van der Waals surface area contributed by atoms with Crippen molar-refractivity contribution in [2.75, 3.05) is 54.9 Å². The van der Waals surface area contributed by atoms with E-state index in [9.17, 15) is 5.11 Å². The van der Waals surface area contributed by atoms with E-state index in [-0.39, 0.29) is 5.92 Å². The van der Waals surface area contributed by atoms with Crippen LogP contribution in [0.25, 0.3) is 0 Å². The number of aliphatic hydroxyl groups is 1. The number of hydrogen-bond donors (Lipinski definition) is 2. The van der Waals surface area contributed by atoms with Crippen molar-refractivity contribution >= 4 is 17.6 Å². The zero-order valence-electron chi connectivity index (χ0n) is 14.3. The molecule has 1 saturated carbocycles. The van der Waals surface area contributed by atoms with Gasteiger partial charge >= 0.3 is 0 Å². The smallest absolute Gasteiger partial charge is 0.229 e. The van der Waals surface area contributed by atoms with E-state index in [4.69, 9.17) is 15.5 Å². The quantitative estimate of drug-likeness (QED) is 0.849. The Labute approximate surface area is 142 Å². The number of anilines is 3. The van der Waals surface area contributed by atoms with Crippen LogP contribution in [-0.2, 0) is 4.74 Å². The largest absolute Gasteiger partial charge is 0.387 e. The molecule has 0 aromatic carbocycles. The van der Waals surface area contributed by atoms with Crippen molar-refractivity contribution in [3.8, 4) is 0 Å². The first kappa shape index (κ1) is 15.9. The summed E-state index contributed by atoms with van der Waals surface area (Å²) in [5, 5.41) is 11.2. The number of nitrogens with two attached hydrogens (primary N) is 1. The van der Waals surface area contributed by atoms with Gasteiger partial charge in [0.15, 0.2) is 0 Å². The number of hydrogen-bond acceptors (Lipinski definition) is 7. The van der Waals surface area contributed by atoms with E-state index in [1.165, 1.54) is 6.42 Å². The zero-order valence-corrected chi connectivity index (χ0v) is 14.3. The summed E-state index contributed by atoms with van der Waals surface area (Å²) in [6.07, 6.45) is 3.51. The lowest BCUT2D eigenvalue weighted by Gasteiger charge is -2.41. The molecule has 2 aliphatic heterocycles. The Bertz CT molecular complexity index is 603. The van der Waals surface area contributed by atoms with Crippen LogP contribution >= 0.6 is 0 Å². The van der Waals surface area contributed by atoms with E-state index < -0.39 is 5.60 Å². The molecule has 4 rings (SSSR count). The van der Waals surface area contributed by atoms with Crippen molar-refractivity contribution in [2.24, 2.45) is 11.8 Å². The third-order valence-corrected chi connectivity index (χ3v) is 5.94. The van der Waals surface area contributed by atoms with Crippen LogP contribution in [0.15, 0.2) is 6.07 Å². The number of morpholine rings is 1. The minimum Gasteiger partial charge on any atom is -0.387 e. The standard InChI is InChI=1S/C17H27N5O2/c1-12-10-22(11-17(12,23)13-3-2-4-13)15-9-14(18)19-16(20-15)21-5-7-24-8-6-21/h9,12-13,23H,2-8,10-11H2,1H3,(H2,18,19,20). The molecule has 7 heteroatoms. The lowest BCUT2D eigenvalue weighted by Crippen LogP contribution is -2.47. The van der Waals surface area contributed by atoms with Gasteiger partial charge in [0.2, 0.25) is 5.95 Å². The first-order valence-electron chi connectivity index (χ1n) is 9.01. The van der Waals surface area contributed by atoms with Gasteiger partial charge in [0.1, 0.15) is 11.6 Å².